The summed E-state index contributed by atoms with van der Waals surface area (Å²) in [6, 6.07) is 11.2. The smallest absolute Gasteiger partial charge is 0.259 e. The Labute approximate surface area is 363 Å². The fraction of sp³-hybridized carbons (Fsp3) is 0.521. The molecule has 6 heterocycles. The van der Waals surface area contributed by atoms with Crippen molar-refractivity contribution in [1.29, 1.82) is 0 Å². The van der Waals surface area contributed by atoms with Crippen LogP contribution in [-0.2, 0) is 29.6 Å². The van der Waals surface area contributed by atoms with Gasteiger partial charge in [-0.3, -0.25) is 24.5 Å². The van der Waals surface area contributed by atoms with E-state index in [1.165, 1.54) is 25.7 Å². The summed E-state index contributed by atoms with van der Waals surface area (Å²) in [5.74, 6) is 2.92. The zero-order valence-electron chi connectivity index (χ0n) is 36.7. The van der Waals surface area contributed by atoms with Crippen molar-refractivity contribution in [1.82, 2.24) is 29.6 Å². The van der Waals surface area contributed by atoms with Crippen LogP contribution in [0.5, 0.6) is 17.2 Å². The number of ether oxygens (including phenoxy) is 3. The Balaban J connectivity index is 0.738. The van der Waals surface area contributed by atoms with Crippen LogP contribution in [0.15, 0.2) is 53.6 Å². The van der Waals surface area contributed by atoms with E-state index in [1.807, 2.05) is 49.5 Å². The number of carbonyl (C=O) groups is 3. The number of hydrogen-bond acceptors (Lipinski definition) is 11. The van der Waals surface area contributed by atoms with E-state index in [2.05, 4.69) is 32.2 Å². The van der Waals surface area contributed by atoms with Crippen LogP contribution in [0.2, 0.25) is 0 Å². The highest BCUT2D eigenvalue weighted by molar-refractivity contribution is 6.05. The van der Waals surface area contributed by atoms with E-state index in [0.29, 0.717) is 41.0 Å². The molecule has 9 rings (SSSR count). The number of benzene rings is 2. The molecule has 3 saturated heterocycles. The summed E-state index contributed by atoms with van der Waals surface area (Å²) in [6.07, 6.45) is 12.0. The number of methoxy groups -OCH3 is 2. The number of fused-ring (bicyclic) bond motifs is 2. The van der Waals surface area contributed by atoms with E-state index in [1.54, 1.807) is 36.9 Å². The Kier molecular flexibility index (Phi) is 11.5. The molecule has 1 spiro atoms. The number of aryl methyl sites for hydroxylation is 1. The maximum absolute atomic E-state index is 13.3. The fourth-order valence-corrected chi connectivity index (χ4v) is 10.6. The molecule has 14 heteroatoms. The number of anilines is 1. The molecular formula is C48H59N7O7. The highest BCUT2D eigenvalue weighted by Gasteiger charge is 2.47. The van der Waals surface area contributed by atoms with Crippen LogP contribution in [0.25, 0.3) is 21.9 Å². The number of rotatable bonds is 12. The molecular weight excluding hydrogens is 787 g/mol. The molecule has 62 heavy (non-hydrogen) atoms. The highest BCUT2D eigenvalue weighted by atomic mass is 16.5. The highest BCUT2D eigenvalue weighted by Crippen LogP contribution is 2.51. The number of carbonyl (C=O) groups excluding carboxylic acids is 3. The van der Waals surface area contributed by atoms with E-state index in [0.717, 1.165) is 103 Å². The van der Waals surface area contributed by atoms with Gasteiger partial charge >= 0.3 is 0 Å². The van der Waals surface area contributed by atoms with Crippen LogP contribution in [-0.4, -0.2) is 122 Å². The van der Waals surface area contributed by atoms with E-state index in [9.17, 15) is 19.2 Å². The molecule has 0 bridgehead atoms. The molecule has 4 aromatic rings. The summed E-state index contributed by atoms with van der Waals surface area (Å²) in [5, 5.41) is 3.78. The van der Waals surface area contributed by atoms with Crippen LogP contribution >= 0.6 is 0 Å². The molecule has 1 aliphatic carbocycles. The van der Waals surface area contributed by atoms with Gasteiger partial charge in [-0.1, -0.05) is 6.07 Å². The number of aromatic nitrogens is 2. The summed E-state index contributed by atoms with van der Waals surface area (Å²) in [6.45, 7) is 6.90. The third kappa shape index (κ3) is 8.14. The molecule has 5 aliphatic rings. The number of nitrogens with one attached hydrogen (secondary N) is 1. The summed E-state index contributed by atoms with van der Waals surface area (Å²) < 4.78 is 20.0. The second kappa shape index (κ2) is 17.0. The topological polar surface area (TPSA) is 139 Å². The van der Waals surface area contributed by atoms with Gasteiger partial charge in [-0.25, -0.2) is 4.98 Å². The minimum Gasteiger partial charge on any atom is -0.496 e. The average Bonchev–Trinajstić information content (AvgIpc) is 3.58. The molecule has 14 nitrogen and oxygen atoms in total. The lowest BCUT2D eigenvalue weighted by atomic mass is 9.61. The quantitative estimate of drug-likeness (QED) is 0.193. The summed E-state index contributed by atoms with van der Waals surface area (Å²) in [4.78, 5) is 63.7. The zero-order valence-corrected chi connectivity index (χ0v) is 36.7. The van der Waals surface area contributed by atoms with Crippen molar-refractivity contribution < 1.29 is 28.6 Å². The predicted octanol–water partition coefficient (Wildman–Crippen LogP) is 5.02. The van der Waals surface area contributed by atoms with Crippen LogP contribution in [0, 0.1) is 11.3 Å². The first-order valence-electron chi connectivity index (χ1n) is 22.2. The van der Waals surface area contributed by atoms with Crippen molar-refractivity contribution in [2.24, 2.45) is 18.4 Å². The summed E-state index contributed by atoms with van der Waals surface area (Å²) in [7, 11) is 9.07. The first-order valence-corrected chi connectivity index (χ1v) is 22.2. The lowest BCUT2D eigenvalue weighted by Crippen LogP contribution is -2.52. The Morgan fingerprint density at radius 1 is 0.871 bits per heavy atom. The van der Waals surface area contributed by atoms with Crippen LogP contribution in [0.1, 0.15) is 72.9 Å². The number of nitrogens with zero attached hydrogens (tertiary/aromatic N) is 6. The Morgan fingerprint density at radius 2 is 1.60 bits per heavy atom. The molecule has 2 aromatic carbocycles. The van der Waals surface area contributed by atoms with Crippen molar-refractivity contribution >= 4 is 34.3 Å². The van der Waals surface area contributed by atoms with Gasteiger partial charge in [0.2, 0.25) is 11.8 Å². The van der Waals surface area contributed by atoms with Gasteiger partial charge < -0.3 is 38.4 Å². The van der Waals surface area contributed by atoms with E-state index < -0.39 is 11.9 Å². The molecule has 1 saturated carbocycles. The number of likely N-dealkylation sites (tertiary alicyclic amines) is 2. The van der Waals surface area contributed by atoms with Crippen LogP contribution in [0.3, 0.4) is 0 Å². The fourth-order valence-electron chi connectivity index (χ4n) is 10.6. The standard InChI is InChI=1S/C48H59N7O7/c1-51(2)43-23-37-38(26-49-43)46(58)52(3)29-39(37)32-20-41(60-4)35(42(21-32)61-5)12-17-53-15-10-30(11-16-53)27-54-18-13-48(14-19-54)24-34(25-48)62-33-7-6-31-28-55(47(59)36(31)22-33)40-8-9-44(56)50-45(40)57/h6-7,20-23,26,29-30,34,40H,8-19,24-25,27-28H2,1-5H3,(H,50,56,57). The van der Waals surface area contributed by atoms with Gasteiger partial charge in [-0.15, -0.1) is 0 Å². The third-order valence-electron chi connectivity index (χ3n) is 14.4. The Bertz CT molecular complexity index is 2420. The summed E-state index contributed by atoms with van der Waals surface area (Å²) in [5.41, 5.74) is 4.64. The average molecular weight is 846 g/mol. The molecule has 1 N–H and O–H groups in total. The van der Waals surface area contributed by atoms with Gasteiger partial charge in [-0.05, 0) is 130 Å². The lowest BCUT2D eigenvalue weighted by Gasteiger charge is -2.52. The molecule has 2 aromatic heterocycles. The maximum atomic E-state index is 13.3. The second-order valence-corrected chi connectivity index (χ2v) is 18.5. The van der Waals surface area contributed by atoms with Crippen LogP contribution < -0.4 is 30.0 Å². The zero-order chi connectivity index (χ0) is 43.3. The molecule has 4 aliphatic heterocycles. The van der Waals surface area contributed by atoms with E-state index >= 15 is 0 Å². The minimum absolute atomic E-state index is 0.0851. The third-order valence-corrected chi connectivity index (χ3v) is 14.4. The Morgan fingerprint density at radius 3 is 2.27 bits per heavy atom. The molecule has 1 atom stereocenters. The van der Waals surface area contributed by atoms with Gasteiger partial charge in [0, 0.05) is 81.7 Å². The number of amides is 3. The van der Waals surface area contributed by atoms with E-state index in [-0.39, 0.29) is 29.9 Å². The predicted molar refractivity (Wildman–Crippen MR) is 237 cm³/mol. The van der Waals surface area contributed by atoms with E-state index in [4.69, 9.17) is 14.2 Å². The second-order valence-electron chi connectivity index (χ2n) is 18.5. The molecule has 1 unspecified atom stereocenters. The Hall–Kier alpha value is -5.47. The normalized spacial score (nSPS) is 21.0. The first kappa shape index (κ1) is 41.9. The van der Waals surface area contributed by atoms with Crippen molar-refractivity contribution in [3.63, 3.8) is 0 Å². The lowest BCUT2D eigenvalue weighted by molar-refractivity contribution is -0.136. The molecule has 328 valence electrons. The first-order chi connectivity index (χ1) is 29.9. The minimum atomic E-state index is -0.612. The number of imide groups is 1. The summed E-state index contributed by atoms with van der Waals surface area (Å²) >= 11 is 0. The molecule has 0 radical (unpaired) electrons. The number of pyridine rings is 2. The van der Waals surface area contributed by atoms with Crippen molar-refractivity contribution in [2.45, 2.75) is 76.5 Å². The van der Waals surface area contributed by atoms with Gasteiger partial charge in [0.05, 0.1) is 25.7 Å². The number of hydrogen-bond donors (Lipinski definition) is 1. The molecule has 3 amide bonds. The molecule has 4 fully saturated rings. The maximum Gasteiger partial charge on any atom is 0.259 e. The van der Waals surface area contributed by atoms with Crippen molar-refractivity contribution in [2.75, 3.05) is 72.5 Å². The number of piperidine rings is 3. The monoisotopic (exact) mass is 845 g/mol. The largest absolute Gasteiger partial charge is 0.496 e. The van der Waals surface area contributed by atoms with Crippen molar-refractivity contribution in [3.8, 4) is 28.4 Å². The van der Waals surface area contributed by atoms with Gasteiger partial charge in [0.25, 0.3) is 11.5 Å². The van der Waals surface area contributed by atoms with Crippen molar-refractivity contribution in [3.05, 3.63) is 75.8 Å². The van der Waals surface area contributed by atoms with Gasteiger partial charge in [0.1, 0.15) is 29.1 Å². The van der Waals surface area contributed by atoms with Crippen LogP contribution in [0.4, 0.5) is 5.82 Å². The van der Waals surface area contributed by atoms with Gasteiger partial charge in [0.15, 0.2) is 0 Å². The SMILES string of the molecule is COc1cc(-c2cn(C)c(=O)c3cnc(N(C)C)cc23)cc(OC)c1CCN1CCC(CN2CCC3(CC2)CC(Oc2ccc4c(c2)C(=O)N(C2CCC(=O)NC2=O)C4)C3)CC1. The van der Waals surface area contributed by atoms with Gasteiger partial charge in [-0.2, -0.15) is 0 Å².